The molecule has 3 rings (SSSR count). The first kappa shape index (κ1) is 13.9. The largest absolute Gasteiger partial charge is 0.497 e. The zero-order chi connectivity index (χ0) is 15.0. The number of amides is 2. The molecule has 1 aliphatic heterocycles. The zero-order valence-corrected chi connectivity index (χ0v) is 11.8. The number of halogens is 1. The van der Waals surface area contributed by atoms with Gasteiger partial charge >= 0.3 is 0 Å². The van der Waals surface area contributed by atoms with Crippen molar-refractivity contribution < 1.29 is 18.7 Å². The Balaban J connectivity index is 1.83. The lowest BCUT2D eigenvalue weighted by Crippen LogP contribution is -2.58. The quantitative estimate of drug-likeness (QED) is 0.903. The van der Waals surface area contributed by atoms with Gasteiger partial charge in [0.2, 0.25) is 11.8 Å². The Hall–Kier alpha value is -2.11. The smallest absolute Gasteiger partial charge is 0.243 e. The highest BCUT2D eigenvalue weighted by Crippen LogP contribution is 2.37. The van der Waals surface area contributed by atoms with Crippen molar-refractivity contribution >= 4 is 11.8 Å². The molecule has 1 atom stereocenters. The maximum atomic E-state index is 14.0. The van der Waals surface area contributed by atoms with Crippen LogP contribution in [-0.2, 0) is 16.1 Å². The van der Waals surface area contributed by atoms with Crippen molar-refractivity contribution in [2.24, 2.45) is 5.92 Å². The van der Waals surface area contributed by atoms with Gasteiger partial charge in [-0.05, 0) is 24.8 Å². The molecule has 0 spiro atoms. The summed E-state index contributed by atoms with van der Waals surface area (Å²) in [7, 11) is 1.47. The first-order valence-corrected chi connectivity index (χ1v) is 6.99. The van der Waals surface area contributed by atoms with Gasteiger partial charge in [0.15, 0.2) is 0 Å². The number of carbonyl (C=O) groups excluding carboxylic acids is 2. The van der Waals surface area contributed by atoms with Crippen molar-refractivity contribution in [1.29, 1.82) is 0 Å². The molecule has 1 saturated heterocycles. The van der Waals surface area contributed by atoms with Gasteiger partial charge in [-0.25, -0.2) is 4.39 Å². The fourth-order valence-corrected chi connectivity index (χ4v) is 2.70. The van der Waals surface area contributed by atoms with Crippen molar-refractivity contribution in [2.75, 3.05) is 13.7 Å². The second-order valence-electron chi connectivity index (χ2n) is 5.48. The Morgan fingerprint density at radius 2 is 2.14 bits per heavy atom. The van der Waals surface area contributed by atoms with Crippen molar-refractivity contribution in [1.82, 2.24) is 10.2 Å². The van der Waals surface area contributed by atoms with E-state index >= 15 is 0 Å². The van der Waals surface area contributed by atoms with Crippen LogP contribution in [0.3, 0.4) is 0 Å². The number of nitrogens with one attached hydrogen (secondary N) is 1. The van der Waals surface area contributed by atoms with Gasteiger partial charge in [-0.3, -0.25) is 9.59 Å². The van der Waals surface area contributed by atoms with Crippen LogP contribution in [0.15, 0.2) is 18.2 Å². The van der Waals surface area contributed by atoms with Crippen LogP contribution in [-0.4, -0.2) is 36.4 Å². The number of hydrogen-bond acceptors (Lipinski definition) is 3. The summed E-state index contributed by atoms with van der Waals surface area (Å²) in [5.41, 5.74) is 0.393. The third-order valence-corrected chi connectivity index (χ3v) is 4.01. The molecule has 1 aliphatic carbocycles. The highest BCUT2D eigenvalue weighted by atomic mass is 19.1. The molecular weight excluding hydrogens is 275 g/mol. The van der Waals surface area contributed by atoms with Gasteiger partial charge in [0, 0.05) is 18.2 Å². The predicted molar refractivity (Wildman–Crippen MR) is 73.0 cm³/mol. The molecule has 112 valence electrons. The summed E-state index contributed by atoms with van der Waals surface area (Å²) in [6.07, 6.45) is 1.87. The standard InChI is InChI=1S/C15H17FN2O3/c1-21-11-5-4-10(12(16)6-11)8-18-13(19)7-17-15(20)14(18)9-2-3-9/h4-6,9,14H,2-3,7-8H2,1H3,(H,17,20). The van der Waals surface area contributed by atoms with Crippen LogP contribution in [0.5, 0.6) is 5.75 Å². The third kappa shape index (κ3) is 2.70. The minimum absolute atomic E-state index is 0.0141. The minimum atomic E-state index is -0.465. The van der Waals surface area contributed by atoms with Crippen LogP contribution < -0.4 is 10.1 Å². The molecule has 0 bridgehead atoms. The Labute approximate surface area is 122 Å². The monoisotopic (exact) mass is 292 g/mol. The molecule has 1 saturated carbocycles. The molecular formula is C15H17FN2O3. The number of methoxy groups -OCH3 is 1. The normalized spacial score (nSPS) is 22.2. The highest BCUT2D eigenvalue weighted by Gasteiger charge is 2.44. The Kier molecular flexibility index (Phi) is 3.53. The average Bonchev–Trinajstić information content (AvgIpc) is 3.29. The van der Waals surface area contributed by atoms with E-state index < -0.39 is 11.9 Å². The van der Waals surface area contributed by atoms with Crippen LogP contribution in [0.25, 0.3) is 0 Å². The average molecular weight is 292 g/mol. The van der Waals surface area contributed by atoms with Gasteiger partial charge < -0.3 is 15.0 Å². The molecule has 1 unspecified atom stereocenters. The minimum Gasteiger partial charge on any atom is -0.497 e. The molecule has 5 nitrogen and oxygen atoms in total. The number of benzene rings is 1. The first-order valence-electron chi connectivity index (χ1n) is 6.99. The van der Waals surface area contributed by atoms with E-state index in [0.717, 1.165) is 12.8 Å². The lowest BCUT2D eigenvalue weighted by Gasteiger charge is -2.35. The number of carbonyl (C=O) groups is 2. The van der Waals surface area contributed by atoms with E-state index in [1.807, 2.05) is 0 Å². The summed E-state index contributed by atoms with van der Waals surface area (Å²) >= 11 is 0. The maximum absolute atomic E-state index is 14.0. The number of hydrogen-bond donors (Lipinski definition) is 1. The van der Waals surface area contributed by atoms with Crippen molar-refractivity contribution in [3.05, 3.63) is 29.6 Å². The first-order chi connectivity index (χ1) is 10.1. The summed E-state index contributed by atoms with van der Waals surface area (Å²) in [6.45, 7) is 0.100. The maximum Gasteiger partial charge on any atom is 0.243 e. The summed E-state index contributed by atoms with van der Waals surface area (Å²) in [5.74, 6) is -0.0938. The van der Waals surface area contributed by atoms with Gasteiger partial charge in [-0.15, -0.1) is 0 Å². The molecule has 1 heterocycles. The molecule has 2 amide bonds. The van der Waals surface area contributed by atoms with Crippen molar-refractivity contribution in [2.45, 2.75) is 25.4 Å². The van der Waals surface area contributed by atoms with E-state index in [1.165, 1.54) is 18.1 Å². The van der Waals surface area contributed by atoms with Crippen LogP contribution in [0.2, 0.25) is 0 Å². The lowest BCUT2D eigenvalue weighted by molar-refractivity contribution is -0.147. The third-order valence-electron chi connectivity index (χ3n) is 4.01. The topological polar surface area (TPSA) is 58.6 Å². The summed E-state index contributed by atoms with van der Waals surface area (Å²) < 4.78 is 19.0. The number of piperazine rings is 1. The van der Waals surface area contributed by atoms with Gasteiger partial charge in [0.1, 0.15) is 17.6 Å². The lowest BCUT2D eigenvalue weighted by atomic mass is 10.1. The molecule has 0 aromatic heterocycles. The molecule has 21 heavy (non-hydrogen) atoms. The van der Waals surface area contributed by atoms with E-state index in [2.05, 4.69) is 5.32 Å². The fourth-order valence-electron chi connectivity index (χ4n) is 2.70. The van der Waals surface area contributed by atoms with E-state index in [9.17, 15) is 14.0 Å². The van der Waals surface area contributed by atoms with E-state index in [1.54, 1.807) is 12.1 Å². The Morgan fingerprint density at radius 1 is 1.38 bits per heavy atom. The Bertz CT molecular complexity index is 586. The van der Waals surface area contributed by atoms with Gasteiger partial charge in [0.25, 0.3) is 0 Å². The predicted octanol–water partition coefficient (Wildman–Crippen LogP) is 1.07. The molecule has 1 N–H and O–H groups in total. The van der Waals surface area contributed by atoms with Crippen LogP contribution in [0.4, 0.5) is 4.39 Å². The zero-order valence-electron chi connectivity index (χ0n) is 11.8. The molecule has 2 fully saturated rings. The van der Waals surface area contributed by atoms with Crippen molar-refractivity contribution in [3.8, 4) is 5.75 Å². The number of nitrogens with zero attached hydrogens (tertiary/aromatic N) is 1. The molecule has 0 radical (unpaired) electrons. The van der Waals surface area contributed by atoms with Gasteiger partial charge in [-0.1, -0.05) is 6.07 Å². The molecule has 1 aromatic rings. The molecule has 2 aliphatic rings. The van der Waals surface area contributed by atoms with Crippen molar-refractivity contribution in [3.63, 3.8) is 0 Å². The van der Waals surface area contributed by atoms with Gasteiger partial charge in [0.05, 0.1) is 13.7 Å². The Morgan fingerprint density at radius 3 is 2.76 bits per heavy atom. The van der Waals surface area contributed by atoms with E-state index in [-0.39, 0.29) is 30.8 Å². The molecule has 1 aromatic carbocycles. The van der Waals surface area contributed by atoms with Crippen LogP contribution in [0, 0.1) is 11.7 Å². The molecule has 6 heteroatoms. The number of rotatable bonds is 4. The van der Waals surface area contributed by atoms with E-state index in [4.69, 9.17) is 4.74 Å². The van der Waals surface area contributed by atoms with E-state index in [0.29, 0.717) is 11.3 Å². The fraction of sp³-hybridized carbons (Fsp3) is 0.467. The number of ether oxygens (including phenoxy) is 1. The highest BCUT2D eigenvalue weighted by molar-refractivity contribution is 5.95. The summed E-state index contributed by atoms with van der Waals surface area (Å²) in [6, 6.07) is 4.07. The second-order valence-corrected chi connectivity index (χ2v) is 5.48. The summed E-state index contributed by atoms with van der Waals surface area (Å²) in [5, 5.41) is 2.61. The SMILES string of the molecule is COc1ccc(CN2C(=O)CNC(=O)C2C2CC2)c(F)c1. The van der Waals surface area contributed by atoms with Crippen LogP contribution in [0.1, 0.15) is 18.4 Å². The summed E-state index contributed by atoms with van der Waals surface area (Å²) in [4.78, 5) is 25.6. The van der Waals surface area contributed by atoms with Crippen LogP contribution >= 0.6 is 0 Å². The second kappa shape index (κ2) is 5.35. The van der Waals surface area contributed by atoms with Gasteiger partial charge in [-0.2, -0.15) is 0 Å².